The van der Waals surface area contributed by atoms with Gasteiger partial charge in [-0.2, -0.15) is 0 Å². The highest BCUT2D eigenvalue weighted by Gasteiger charge is 2.34. The van der Waals surface area contributed by atoms with Crippen molar-refractivity contribution in [1.82, 2.24) is 0 Å². The summed E-state index contributed by atoms with van der Waals surface area (Å²) in [5.41, 5.74) is 2.95. The lowest BCUT2D eigenvalue weighted by atomic mass is 9.94. The van der Waals surface area contributed by atoms with E-state index in [1.165, 1.54) is 35.7 Å². The van der Waals surface area contributed by atoms with E-state index in [2.05, 4.69) is 78.0 Å². The van der Waals surface area contributed by atoms with Gasteiger partial charge in [0.2, 0.25) is 0 Å². The van der Waals surface area contributed by atoms with Crippen molar-refractivity contribution < 1.29 is 4.43 Å². The summed E-state index contributed by atoms with van der Waals surface area (Å²) < 4.78 is 6.87. The van der Waals surface area contributed by atoms with Crippen molar-refractivity contribution in [3.05, 3.63) is 47.5 Å². The molecule has 1 rings (SSSR count). The number of hydrogen-bond donors (Lipinski definition) is 0. The third-order valence-corrected chi connectivity index (χ3v) is 10.0. The molecule has 1 atom stereocenters. The Hall–Kier alpha value is -0.863. The highest BCUT2D eigenvalue weighted by Crippen LogP contribution is 2.30. The van der Waals surface area contributed by atoms with Gasteiger partial charge in [0, 0.05) is 0 Å². The Morgan fingerprint density at radius 2 is 1.62 bits per heavy atom. The van der Waals surface area contributed by atoms with Crippen molar-refractivity contribution in [2.45, 2.75) is 85.0 Å². The minimum atomic E-state index is -1.57. The van der Waals surface area contributed by atoms with Gasteiger partial charge in [-0.25, -0.2) is 0 Å². The lowest BCUT2D eigenvalue weighted by Crippen LogP contribution is -2.42. The highest BCUT2D eigenvalue weighted by atomic mass is 28.4. The molecule has 1 aromatic carbocycles. The molecule has 0 saturated carbocycles. The van der Waals surface area contributed by atoms with E-state index in [1.54, 1.807) is 0 Å². The number of hydrogen-bond acceptors (Lipinski definition) is 1. The molecule has 0 spiro atoms. The van der Waals surface area contributed by atoms with E-state index in [0.717, 1.165) is 12.8 Å². The molecule has 0 N–H and O–H groups in total. The van der Waals surface area contributed by atoms with Crippen LogP contribution in [0, 0.1) is 5.92 Å². The molecule has 1 aromatic rings. The van der Waals surface area contributed by atoms with E-state index in [1.807, 2.05) is 0 Å². The van der Waals surface area contributed by atoms with Gasteiger partial charge in [-0.15, -0.1) is 0 Å². The van der Waals surface area contributed by atoms with E-state index < -0.39 is 8.32 Å². The molecule has 0 aliphatic heterocycles. The minimum absolute atomic E-state index is 0.303. The molecule has 0 heterocycles. The first kappa shape index (κ1) is 21.2. The molecule has 0 fully saturated rings. The molecule has 0 unspecified atom stereocenters. The fourth-order valence-electron chi connectivity index (χ4n) is 3.50. The van der Waals surface area contributed by atoms with Crippen LogP contribution < -0.4 is 0 Å². The molecule has 136 valence electrons. The van der Waals surface area contributed by atoms with Crippen molar-refractivity contribution in [2.24, 2.45) is 5.92 Å². The van der Waals surface area contributed by atoms with E-state index in [0.29, 0.717) is 12.0 Å². The minimum Gasteiger partial charge on any atom is -0.410 e. The van der Waals surface area contributed by atoms with Crippen LogP contribution in [-0.4, -0.2) is 14.4 Å². The average Bonchev–Trinajstić information content (AvgIpc) is 2.62. The molecule has 0 bridgehead atoms. The molecule has 1 nitrogen and oxygen atoms in total. The van der Waals surface area contributed by atoms with Crippen LogP contribution >= 0.6 is 0 Å². The maximum absolute atomic E-state index is 6.87. The van der Waals surface area contributed by atoms with Crippen LogP contribution in [0.25, 0.3) is 0 Å². The first-order valence-electron chi connectivity index (χ1n) is 9.88. The van der Waals surface area contributed by atoms with Gasteiger partial charge >= 0.3 is 0 Å². The molecule has 0 radical (unpaired) electrons. The number of rotatable bonds is 11. The fourth-order valence-corrected chi connectivity index (χ4v) is 6.46. The highest BCUT2D eigenvalue weighted by molar-refractivity contribution is 6.73. The Bertz CT molecular complexity index is 466. The van der Waals surface area contributed by atoms with E-state index in [9.17, 15) is 0 Å². The summed E-state index contributed by atoms with van der Waals surface area (Å²) in [6.07, 6.45) is 6.12. The number of aryl methyl sites for hydroxylation is 1. The van der Waals surface area contributed by atoms with E-state index >= 15 is 0 Å². The van der Waals surface area contributed by atoms with Crippen molar-refractivity contribution >= 4 is 8.32 Å². The second kappa shape index (κ2) is 10.9. The smallest absolute Gasteiger partial charge is 0.192 e. The van der Waals surface area contributed by atoms with Gasteiger partial charge in [0.05, 0.1) is 6.10 Å². The van der Waals surface area contributed by atoms with Gasteiger partial charge in [-0.1, -0.05) is 71.0 Å². The summed E-state index contributed by atoms with van der Waals surface area (Å²) in [7, 11) is -1.57. The van der Waals surface area contributed by atoms with Crippen molar-refractivity contribution in [3.63, 3.8) is 0 Å². The van der Waals surface area contributed by atoms with Crippen molar-refractivity contribution in [2.75, 3.05) is 0 Å². The van der Waals surface area contributed by atoms with Crippen LogP contribution in [0.5, 0.6) is 0 Å². The third-order valence-electron chi connectivity index (χ3n) is 5.43. The maximum Gasteiger partial charge on any atom is 0.192 e. The van der Waals surface area contributed by atoms with Gasteiger partial charge in [0.1, 0.15) is 0 Å². The summed E-state index contributed by atoms with van der Waals surface area (Å²) >= 11 is 0. The van der Waals surface area contributed by atoms with Gasteiger partial charge in [-0.3, -0.25) is 0 Å². The molecule has 24 heavy (non-hydrogen) atoms. The Balaban J connectivity index is 2.73. The Kier molecular flexibility index (Phi) is 9.61. The predicted octanol–water partition coefficient (Wildman–Crippen LogP) is 7.00. The molecule has 0 saturated heterocycles. The molecule has 2 heteroatoms. The van der Waals surface area contributed by atoms with Crippen LogP contribution in [0.3, 0.4) is 0 Å². The van der Waals surface area contributed by atoms with Gasteiger partial charge in [0.15, 0.2) is 8.32 Å². The zero-order valence-electron chi connectivity index (χ0n) is 16.8. The molecule has 0 aliphatic carbocycles. The zero-order chi connectivity index (χ0) is 18.0. The second-order valence-electron chi connectivity index (χ2n) is 7.23. The van der Waals surface area contributed by atoms with Crippen molar-refractivity contribution in [3.8, 4) is 0 Å². The van der Waals surface area contributed by atoms with Crippen LogP contribution in [0.1, 0.15) is 59.9 Å². The molecular weight excluding hydrogens is 308 g/mol. The maximum atomic E-state index is 6.87. The van der Waals surface area contributed by atoms with Crippen LogP contribution in [0.4, 0.5) is 0 Å². The first-order valence-corrected chi connectivity index (χ1v) is 12.4. The first-order chi connectivity index (χ1) is 11.5. The standard InChI is InChI=1S/C22H38OSi/c1-7-21(18-14-17-20-15-12-11-13-16-20)22(19(5)6)23-24(8-2,9-3)10-4/h7,11-13,15-16,19,22H,8-10,14,17-18H2,1-6H3/b21-7-/t22-/m0/s1. The van der Waals surface area contributed by atoms with Gasteiger partial charge < -0.3 is 4.43 Å². The summed E-state index contributed by atoms with van der Waals surface area (Å²) in [6, 6.07) is 14.5. The quantitative estimate of drug-likeness (QED) is 0.309. The lowest BCUT2D eigenvalue weighted by molar-refractivity contribution is 0.167. The van der Waals surface area contributed by atoms with Gasteiger partial charge in [-0.05, 0) is 61.4 Å². The third kappa shape index (κ3) is 6.21. The lowest BCUT2D eigenvalue weighted by Gasteiger charge is -2.36. The summed E-state index contributed by atoms with van der Waals surface area (Å²) in [5, 5.41) is 0. The van der Waals surface area contributed by atoms with Crippen molar-refractivity contribution in [1.29, 1.82) is 0 Å². The molecule has 0 amide bonds. The predicted molar refractivity (Wildman–Crippen MR) is 110 cm³/mol. The Morgan fingerprint density at radius 1 is 1.04 bits per heavy atom. The summed E-state index contributed by atoms with van der Waals surface area (Å²) in [6.45, 7) is 13.8. The summed E-state index contributed by atoms with van der Waals surface area (Å²) in [4.78, 5) is 0. The Morgan fingerprint density at radius 3 is 2.08 bits per heavy atom. The number of benzene rings is 1. The molecule has 0 aromatic heterocycles. The van der Waals surface area contributed by atoms with E-state index in [-0.39, 0.29) is 0 Å². The largest absolute Gasteiger partial charge is 0.410 e. The van der Waals surface area contributed by atoms with Crippen LogP contribution in [-0.2, 0) is 10.8 Å². The van der Waals surface area contributed by atoms with Crippen LogP contribution in [0.2, 0.25) is 18.1 Å². The SMILES string of the molecule is C/C=C(/CCCc1ccccc1)[C@@H](O[Si](CC)(CC)CC)C(C)C. The number of allylic oxidation sites excluding steroid dienone is 1. The monoisotopic (exact) mass is 346 g/mol. The zero-order valence-corrected chi connectivity index (χ0v) is 17.8. The topological polar surface area (TPSA) is 9.23 Å². The van der Waals surface area contributed by atoms with Crippen LogP contribution in [0.15, 0.2) is 42.0 Å². The molecule has 0 aliphatic rings. The second-order valence-corrected chi connectivity index (χ2v) is 12.0. The molecular formula is C22H38OSi. The van der Waals surface area contributed by atoms with E-state index in [4.69, 9.17) is 4.43 Å². The van der Waals surface area contributed by atoms with Gasteiger partial charge in [0.25, 0.3) is 0 Å². The fraction of sp³-hybridized carbons (Fsp3) is 0.636. The average molecular weight is 347 g/mol. The summed E-state index contributed by atoms with van der Waals surface area (Å²) in [5.74, 6) is 0.546. The Labute approximate surface area is 151 Å². The normalized spacial score (nSPS) is 14.2.